The van der Waals surface area contributed by atoms with Crippen molar-refractivity contribution in [1.82, 2.24) is 0 Å². The van der Waals surface area contributed by atoms with Gasteiger partial charge in [0.15, 0.2) is 0 Å². The monoisotopic (exact) mass is 686 g/mol. The van der Waals surface area contributed by atoms with Gasteiger partial charge in [0.1, 0.15) is 6.61 Å². The Morgan fingerprint density at radius 2 is 0.792 bits per heavy atom. The molecule has 0 aliphatic carbocycles. The van der Waals surface area contributed by atoms with E-state index in [0.717, 1.165) is 44.9 Å². The Balaban J connectivity index is 1.82. The average Bonchev–Trinajstić information content (AvgIpc) is 3.05. The Labute approximate surface area is 287 Å². The number of carbonyl (C=O) groups excluding carboxylic acids is 5. The molecule has 12 nitrogen and oxygen atoms in total. The maximum Gasteiger partial charge on any atom is 0.305 e. The molecule has 48 heavy (non-hydrogen) atoms. The van der Waals surface area contributed by atoms with E-state index in [9.17, 15) is 24.0 Å². The van der Waals surface area contributed by atoms with E-state index in [1.165, 1.54) is 0 Å². The summed E-state index contributed by atoms with van der Waals surface area (Å²) in [4.78, 5) is 59.1. The molecule has 1 rings (SSSR count). The summed E-state index contributed by atoms with van der Waals surface area (Å²) in [5, 5.41) is 8.72. The molecule has 0 atom stereocenters. The molecule has 0 bridgehead atoms. The quantitative estimate of drug-likeness (QED) is 0.0506. The van der Waals surface area contributed by atoms with Crippen molar-refractivity contribution in [3.8, 4) is 0 Å². The molecule has 0 aromatic carbocycles. The minimum absolute atomic E-state index is 0.00423. The fraction of sp³-hybridized carbons (Fsp3) is 0.861. The van der Waals surface area contributed by atoms with Gasteiger partial charge in [0.2, 0.25) is 0 Å². The van der Waals surface area contributed by atoms with E-state index in [4.69, 9.17) is 33.5 Å². The van der Waals surface area contributed by atoms with E-state index in [0.29, 0.717) is 136 Å². The number of hydrogen-bond acceptors (Lipinski definition) is 12. The van der Waals surface area contributed by atoms with E-state index in [1.54, 1.807) is 0 Å². The third-order valence-electron chi connectivity index (χ3n) is 8.30. The predicted molar refractivity (Wildman–Crippen MR) is 178 cm³/mol. The molecule has 278 valence electrons. The van der Waals surface area contributed by atoms with Crippen molar-refractivity contribution in [2.75, 3.05) is 52.9 Å². The van der Waals surface area contributed by atoms with Gasteiger partial charge in [0, 0.05) is 38.7 Å². The van der Waals surface area contributed by atoms with Crippen LogP contribution in [0.15, 0.2) is 0 Å². The molecular formula is C36H62O12. The summed E-state index contributed by atoms with van der Waals surface area (Å²) in [6.45, 7) is 5.32. The van der Waals surface area contributed by atoms with Crippen LogP contribution < -0.4 is 0 Å². The number of rotatable bonds is 32. The van der Waals surface area contributed by atoms with Crippen molar-refractivity contribution < 1.29 is 57.5 Å². The third-order valence-corrected chi connectivity index (χ3v) is 8.30. The number of hydrogen-bond donors (Lipinski definition) is 1. The van der Waals surface area contributed by atoms with Crippen molar-refractivity contribution in [3.05, 3.63) is 0 Å². The molecule has 0 amide bonds. The zero-order valence-corrected chi connectivity index (χ0v) is 29.4. The van der Waals surface area contributed by atoms with Gasteiger partial charge >= 0.3 is 29.8 Å². The van der Waals surface area contributed by atoms with E-state index in [2.05, 4.69) is 6.92 Å². The molecule has 1 fully saturated rings. The van der Waals surface area contributed by atoms with Crippen LogP contribution in [-0.2, 0) is 52.4 Å². The summed E-state index contributed by atoms with van der Waals surface area (Å²) in [6, 6.07) is 0. The first-order valence-electron chi connectivity index (χ1n) is 18.3. The largest absolute Gasteiger partial charge is 0.466 e. The number of aliphatic hydroxyl groups is 1. The molecule has 0 aromatic rings. The van der Waals surface area contributed by atoms with Gasteiger partial charge in [-0.05, 0) is 96.3 Å². The summed E-state index contributed by atoms with van der Waals surface area (Å²) >= 11 is 0. The fourth-order valence-electron chi connectivity index (χ4n) is 4.87. The Bertz CT molecular complexity index is 881. The lowest BCUT2D eigenvalue weighted by Crippen LogP contribution is -2.46. The summed E-state index contributed by atoms with van der Waals surface area (Å²) in [5.74, 6) is -1.12. The first kappa shape index (κ1) is 43.3. The first-order chi connectivity index (χ1) is 23.3. The van der Waals surface area contributed by atoms with Crippen LogP contribution >= 0.6 is 0 Å². The highest BCUT2D eigenvalue weighted by Crippen LogP contribution is 2.31. The normalized spacial score (nSPS) is 13.3. The van der Waals surface area contributed by atoms with Crippen LogP contribution in [0.2, 0.25) is 0 Å². The summed E-state index contributed by atoms with van der Waals surface area (Å²) < 4.78 is 31.5. The van der Waals surface area contributed by atoms with E-state index in [-0.39, 0.29) is 41.9 Å². The third kappa shape index (κ3) is 24.4. The van der Waals surface area contributed by atoms with Crippen LogP contribution in [0.4, 0.5) is 0 Å². The number of carbonyl (C=O) groups is 5. The Hall–Kier alpha value is -2.73. The van der Waals surface area contributed by atoms with Crippen LogP contribution in [0.1, 0.15) is 142 Å². The zero-order valence-electron chi connectivity index (χ0n) is 29.4. The Morgan fingerprint density at radius 1 is 0.479 bits per heavy atom. The van der Waals surface area contributed by atoms with E-state index < -0.39 is 0 Å². The smallest absolute Gasteiger partial charge is 0.305 e. The summed E-state index contributed by atoms with van der Waals surface area (Å²) in [5.41, 5.74) is 0.00423. The first-order valence-corrected chi connectivity index (χ1v) is 18.3. The molecule has 1 saturated heterocycles. The molecule has 0 aromatic heterocycles. The van der Waals surface area contributed by atoms with Gasteiger partial charge in [-0.15, -0.1) is 0 Å². The summed E-state index contributed by atoms with van der Waals surface area (Å²) in [7, 11) is 0. The minimum atomic E-state index is -0.245. The van der Waals surface area contributed by atoms with Crippen molar-refractivity contribution in [2.24, 2.45) is 5.41 Å². The lowest BCUT2D eigenvalue weighted by molar-refractivity contribution is -0.170. The standard InChI is InChI=1S/C36H62O12/c1-2-36(28-43-29-36)30-48-35(42)22-12-7-17-27-47-34(41)21-11-6-16-26-46-33(40)20-10-5-15-25-45-32(39)19-9-4-14-24-44-31(38)18-8-3-13-23-37/h37H,2-30H2,1H3. The average molecular weight is 687 g/mol. The Kier molecular flexibility index (Phi) is 26.3. The highest BCUT2D eigenvalue weighted by Gasteiger charge is 2.38. The molecule has 0 saturated carbocycles. The van der Waals surface area contributed by atoms with Crippen molar-refractivity contribution in [3.63, 3.8) is 0 Å². The van der Waals surface area contributed by atoms with E-state index >= 15 is 0 Å². The van der Waals surface area contributed by atoms with Gasteiger partial charge in [0.25, 0.3) is 0 Å². The predicted octanol–water partition coefficient (Wildman–Crippen LogP) is 5.92. The van der Waals surface area contributed by atoms with Crippen LogP contribution in [0, 0.1) is 5.41 Å². The molecule has 0 spiro atoms. The van der Waals surface area contributed by atoms with Crippen molar-refractivity contribution >= 4 is 29.8 Å². The Morgan fingerprint density at radius 3 is 1.06 bits per heavy atom. The maximum atomic E-state index is 11.9. The maximum absolute atomic E-state index is 11.9. The lowest BCUT2D eigenvalue weighted by atomic mass is 9.84. The number of unbranched alkanes of at least 4 members (excludes halogenated alkanes) is 10. The molecule has 1 aliphatic rings. The van der Waals surface area contributed by atoms with Gasteiger partial charge in [-0.1, -0.05) is 13.3 Å². The SMILES string of the molecule is CCC1(COC(=O)CCCCCOC(=O)CCCCCOC(=O)CCCCCOC(=O)CCCCCOC(=O)CCCCCO)COC1. The molecule has 0 radical (unpaired) electrons. The highest BCUT2D eigenvalue weighted by atomic mass is 16.6. The molecule has 1 aliphatic heterocycles. The van der Waals surface area contributed by atoms with Gasteiger partial charge < -0.3 is 33.5 Å². The summed E-state index contributed by atoms with van der Waals surface area (Å²) in [6.07, 6.45) is 13.5. The number of esters is 5. The molecule has 0 unspecified atom stereocenters. The van der Waals surface area contributed by atoms with E-state index in [1.807, 2.05) is 0 Å². The van der Waals surface area contributed by atoms with Crippen LogP contribution in [-0.4, -0.2) is 87.8 Å². The van der Waals surface area contributed by atoms with Crippen LogP contribution in [0.25, 0.3) is 0 Å². The molecule has 12 heteroatoms. The second kappa shape index (κ2) is 29.2. The van der Waals surface area contributed by atoms with Gasteiger partial charge in [-0.3, -0.25) is 24.0 Å². The fourth-order valence-corrected chi connectivity index (χ4v) is 4.87. The molecule has 1 N–H and O–H groups in total. The highest BCUT2D eigenvalue weighted by molar-refractivity contribution is 5.70. The zero-order chi connectivity index (χ0) is 35.1. The van der Waals surface area contributed by atoms with Crippen molar-refractivity contribution in [2.45, 2.75) is 142 Å². The van der Waals surface area contributed by atoms with Gasteiger partial charge in [-0.25, -0.2) is 0 Å². The van der Waals surface area contributed by atoms with Gasteiger partial charge in [-0.2, -0.15) is 0 Å². The minimum Gasteiger partial charge on any atom is -0.466 e. The van der Waals surface area contributed by atoms with Crippen LogP contribution in [0.3, 0.4) is 0 Å². The van der Waals surface area contributed by atoms with Gasteiger partial charge in [0.05, 0.1) is 45.1 Å². The number of ether oxygens (including phenoxy) is 6. The molecule has 1 heterocycles. The van der Waals surface area contributed by atoms with Crippen molar-refractivity contribution in [1.29, 1.82) is 0 Å². The van der Waals surface area contributed by atoms with Crippen LogP contribution in [0.5, 0.6) is 0 Å². The second-order valence-corrected chi connectivity index (χ2v) is 12.7. The lowest BCUT2D eigenvalue weighted by Gasteiger charge is -2.39. The number of aliphatic hydroxyl groups excluding tert-OH is 1. The molecular weight excluding hydrogens is 624 g/mol. The second-order valence-electron chi connectivity index (χ2n) is 12.7. The topological polar surface area (TPSA) is 161 Å².